The van der Waals surface area contributed by atoms with E-state index in [4.69, 9.17) is 4.74 Å². The molecule has 2 fully saturated rings. The van der Waals surface area contributed by atoms with Gasteiger partial charge in [-0.25, -0.2) is 4.79 Å². The van der Waals surface area contributed by atoms with Gasteiger partial charge in [0.15, 0.2) is 0 Å². The Labute approximate surface area is 189 Å². The van der Waals surface area contributed by atoms with Crippen LogP contribution in [0.25, 0.3) is 11.0 Å². The lowest BCUT2D eigenvalue weighted by Gasteiger charge is -2.42. The summed E-state index contributed by atoms with van der Waals surface area (Å²) in [4.78, 5) is 16.9. The predicted octanol–water partition coefficient (Wildman–Crippen LogP) is 5.70. The van der Waals surface area contributed by atoms with Crippen molar-refractivity contribution in [3.8, 4) is 0 Å². The minimum absolute atomic E-state index is 0.0572. The van der Waals surface area contributed by atoms with Crippen LogP contribution in [0.1, 0.15) is 64.1 Å². The Morgan fingerprint density at radius 1 is 0.906 bits per heavy atom. The number of fused-ring (bicyclic) bond motifs is 1. The molecule has 32 heavy (non-hydrogen) atoms. The van der Waals surface area contributed by atoms with E-state index in [0.29, 0.717) is 12.5 Å². The van der Waals surface area contributed by atoms with Crippen molar-refractivity contribution >= 4 is 17.1 Å². The molecule has 3 aromatic rings. The Kier molecular flexibility index (Phi) is 5.62. The van der Waals surface area contributed by atoms with Crippen LogP contribution < -0.4 is 0 Å². The second-order valence-electron chi connectivity index (χ2n) is 9.73. The van der Waals surface area contributed by atoms with Crippen LogP contribution in [0.4, 0.5) is 4.79 Å². The number of rotatable bonds is 4. The molecule has 3 atom stereocenters. The molecule has 6 heteroatoms. The number of ether oxygens (including phenoxy) is 1. The van der Waals surface area contributed by atoms with Crippen molar-refractivity contribution in [2.45, 2.75) is 70.1 Å². The Bertz CT molecular complexity index is 1040. The van der Waals surface area contributed by atoms with E-state index in [1.807, 2.05) is 29.2 Å². The summed E-state index contributed by atoms with van der Waals surface area (Å²) in [5, 5.41) is 9.25. The Hall–Kier alpha value is -2.89. The summed E-state index contributed by atoms with van der Waals surface area (Å²) in [6, 6.07) is 18.4. The predicted molar refractivity (Wildman–Crippen MR) is 124 cm³/mol. The van der Waals surface area contributed by atoms with E-state index in [-0.39, 0.29) is 23.8 Å². The minimum Gasteiger partial charge on any atom is -0.446 e. The first kappa shape index (κ1) is 21.0. The summed E-state index contributed by atoms with van der Waals surface area (Å²) in [5.41, 5.74) is 2.95. The molecule has 1 aliphatic carbocycles. The van der Waals surface area contributed by atoms with Crippen LogP contribution in [-0.4, -0.2) is 38.6 Å². The second kappa shape index (κ2) is 8.57. The lowest BCUT2D eigenvalue weighted by Crippen LogP contribution is -2.44. The van der Waals surface area contributed by atoms with E-state index < -0.39 is 0 Å². The zero-order valence-electron chi connectivity index (χ0n) is 19.0. The molecule has 2 heterocycles. The summed E-state index contributed by atoms with van der Waals surface area (Å²) < 4.78 is 6.24. The number of benzene rings is 2. The maximum atomic E-state index is 13.4. The molecule has 0 N–H and O–H groups in total. The number of carbonyl (C=O) groups is 1. The molecule has 0 radical (unpaired) electrons. The van der Waals surface area contributed by atoms with E-state index in [2.05, 4.69) is 54.4 Å². The lowest BCUT2D eigenvalue weighted by atomic mass is 9.66. The molecular weight excluding hydrogens is 400 g/mol. The van der Waals surface area contributed by atoms with Crippen molar-refractivity contribution < 1.29 is 9.53 Å². The first-order valence-corrected chi connectivity index (χ1v) is 11.9. The minimum atomic E-state index is -0.227. The summed E-state index contributed by atoms with van der Waals surface area (Å²) >= 11 is 0. The molecule has 1 aromatic heterocycles. The van der Waals surface area contributed by atoms with Gasteiger partial charge in [-0.1, -0.05) is 62.7 Å². The molecule has 0 spiro atoms. The monoisotopic (exact) mass is 432 g/mol. The third-order valence-electron chi connectivity index (χ3n) is 7.42. The number of likely N-dealkylation sites (tertiary alicyclic amines) is 1. The topological polar surface area (TPSA) is 60.2 Å². The van der Waals surface area contributed by atoms with Gasteiger partial charge in [0.1, 0.15) is 23.3 Å². The highest BCUT2D eigenvalue weighted by atomic mass is 16.6. The number of aromatic nitrogens is 3. The number of carbonyl (C=O) groups excluding carboxylic acids is 1. The third kappa shape index (κ3) is 3.87. The summed E-state index contributed by atoms with van der Waals surface area (Å²) in [6.07, 6.45) is 5.59. The molecule has 2 aliphatic rings. The van der Waals surface area contributed by atoms with Crippen LogP contribution in [0, 0.1) is 5.92 Å². The van der Waals surface area contributed by atoms with Crippen LogP contribution in [0.15, 0.2) is 54.6 Å². The Morgan fingerprint density at radius 2 is 1.56 bits per heavy atom. The fourth-order valence-corrected chi connectivity index (χ4v) is 5.55. The summed E-state index contributed by atoms with van der Waals surface area (Å²) in [6.45, 7) is 5.26. The molecule has 168 valence electrons. The summed E-state index contributed by atoms with van der Waals surface area (Å²) in [5.74, 6) is 0.300. The van der Waals surface area contributed by atoms with Crippen LogP contribution >= 0.6 is 0 Å². The SMILES string of the molecule is CC(C)(c1ccccc1)[C@@H]1CCCC[C@H]1OC(=O)N1CCCC1n1nc2ccccc2n1. The van der Waals surface area contributed by atoms with E-state index in [1.165, 1.54) is 12.0 Å². The first-order chi connectivity index (χ1) is 15.5. The first-order valence-electron chi connectivity index (χ1n) is 11.9. The van der Waals surface area contributed by atoms with Crippen molar-refractivity contribution in [2.24, 2.45) is 5.92 Å². The third-order valence-corrected chi connectivity index (χ3v) is 7.42. The Morgan fingerprint density at radius 3 is 2.28 bits per heavy atom. The van der Waals surface area contributed by atoms with Gasteiger partial charge in [-0.05, 0) is 55.2 Å². The summed E-state index contributed by atoms with van der Waals surface area (Å²) in [7, 11) is 0. The molecule has 1 unspecified atom stereocenters. The van der Waals surface area contributed by atoms with Gasteiger partial charge in [0.05, 0.1) is 0 Å². The average Bonchev–Trinajstić information content (AvgIpc) is 3.47. The Balaban J connectivity index is 1.34. The molecule has 1 amide bonds. The van der Waals surface area contributed by atoms with Crippen LogP contribution in [0.3, 0.4) is 0 Å². The van der Waals surface area contributed by atoms with Gasteiger partial charge in [-0.15, -0.1) is 0 Å². The van der Waals surface area contributed by atoms with E-state index in [9.17, 15) is 4.79 Å². The fraction of sp³-hybridized carbons (Fsp3) is 0.500. The van der Waals surface area contributed by atoms with Gasteiger partial charge in [0.2, 0.25) is 0 Å². The van der Waals surface area contributed by atoms with Crippen molar-refractivity contribution in [3.63, 3.8) is 0 Å². The molecular formula is C26H32N4O2. The van der Waals surface area contributed by atoms with Crippen molar-refractivity contribution in [1.82, 2.24) is 19.9 Å². The molecule has 1 saturated heterocycles. The van der Waals surface area contributed by atoms with E-state index in [0.717, 1.165) is 43.1 Å². The highest BCUT2D eigenvalue weighted by Gasteiger charge is 2.42. The zero-order chi connectivity index (χ0) is 22.1. The highest BCUT2D eigenvalue weighted by Crippen LogP contribution is 2.42. The molecule has 6 nitrogen and oxygen atoms in total. The van der Waals surface area contributed by atoms with Gasteiger partial charge >= 0.3 is 6.09 Å². The number of amides is 1. The average molecular weight is 433 g/mol. The quantitative estimate of drug-likeness (QED) is 0.531. The normalized spacial score (nSPS) is 24.1. The number of nitrogens with zero attached hydrogens (tertiary/aromatic N) is 4. The maximum absolute atomic E-state index is 13.4. The highest BCUT2D eigenvalue weighted by molar-refractivity contribution is 5.73. The van der Waals surface area contributed by atoms with Crippen molar-refractivity contribution in [1.29, 1.82) is 0 Å². The van der Waals surface area contributed by atoms with Gasteiger partial charge in [-0.2, -0.15) is 15.0 Å². The lowest BCUT2D eigenvalue weighted by molar-refractivity contribution is -0.0133. The zero-order valence-corrected chi connectivity index (χ0v) is 19.0. The molecule has 1 aliphatic heterocycles. The smallest absolute Gasteiger partial charge is 0.411 e. The van der Waals surface area contributed by atoms with E-state index >= 15 is 0 Å². The van der Waals surface area contributed by atoms with Gasteiger partial charge in [0.25, 0.3) is 0 Å². The number of hydrogen-bond donors (Lipinski definition) is 0. The molecule has 1 saturated carbocycles. The largest absolute Gasteiger partial charge is 0.446 e. The van der Waals surface area contributed by atoms with Crippen LogP contribution in [-0.2, 0) is 10.2 Å². The van der Waals surface area contributed by atoms with Gasteiger partial charge < -0.3 is 4.74 Å². The fourth-order valence-electron chi connectivity index (χ4n) is 5.55. The van der Waals surface area contributed by atoms with Gasteiger partial charge in [0, 0.05) is 12.5 Å². The maximum Gasteiger partial charge on any atom is 0.411 e. The number of hydrogen-bond acceptors (Lipinski definition) is 4. The molecule has 0 bridgehead atoms. The van der Waals surface area contributed by atoms with Crippen molar-refractivity contribution in [3.05, 3.63) is 60.2 Å². The van der Waals surface area contributed by atoms with Crippen LogP contribution in [0.5, 0.6) is 0 Å². The standard InChI is InChI=1S/C26H32N4O2/c1-26(2,19-11-4-3-5-12-19)20-13-6-9-16-23(20)32-25(31)29-18-10-17-24(29)30-27-21-14-7-8-15-22(21)28-30/h3-5,7-8,11-12,14-15,20,23-24H,6,9-10,13,16-18H2,1-2H3/t20-,23-,24?/m1/s1. The van der Waals surface area contributed by atoms with Gasteiger partial charge in [-0.3, -0.25) is 4.90 Å². The molecule has 5 rings (SSSR count). The van der Waals surface area contributed by atoms with Crippen LogP contribution in [0.2, 0.25) is 0 Å². The van der Waals surface area contributed by atoms with E-state index in [1.54, 1.807) is 4.80 Å². The second-order valence-corrected chi connectivity index (χ2v) is 9.73. The molecule has 2 aromatic carbocycles. The van der Waals surface area contributed by atoms with Crippen molar-refractivity contribution in [2.75, 3.05) is 6.54 Å².